The lowest BCUT2D eigenvalue weighted by Gasteiger charge is -2.35. The number of aryl methyl sites for hydroxylation is 1. The van der Waals surface area contributed by atoms with Crippen molar-refractivity contribution in [2.45, 2.75) is 57.1 Å². The predicted octanol–water partition coefficient (Wildman–Crippen LogP) is 7.19. The zero-order valence-corrected chi connectivity index (χ0v) is 28.3. The maximum Gasteiger partial charge on any atom is 0.264 e. The van der Waals surface area contributed by atoms with Crippen molar-refractivity contribution in [2.75, 3.05) is 10.8 Å². The molecule has 242 valence electrons. The minimum Gasteiger partial charge on any atom is -0.350 e. The molecular weight excluding hydrogens is 648 g/mol. The number of nitrogens with zero attached hydrogens (tertiary/aromatic N) is 2. The fraction of sp³-hybridized carbons (Fsp3) is 0.257. The first kappa shape index (κ1) is 34.9. The van der Waals surface area contributed by atoms with E-state index in [-0.39, 0.29) is 39.2 Å². The minimum atomic E-state index is -4.39. The SMILES string of the molecule is Cc1ccc(S(=O)(=O)N(CC(=O)N(Cc2ccccc2F)C(Cc2ccccc2)C(=O)NC(C)(C)C)c2cc(Cl)ccc2Cl)cc1. The summed E-state index contributed by atoms with van der Waals surface area (Å²) in [7, 11) is -4.39. The highest BCUT2D eigenvalue weighted by atomic mass is 35.5. The van der Waals surface area contributed by atoms with Crippen molar-refractivity contribution in [1.29, 1.82) is 0 Å². The second kappa shape index (κ2) is 14.7. The summed E-state index contributed by atoms with van der Waals surface area (Å²) >= 11 is 12.8. The summed E-state index contributed by atoms with van der Waals surface area (Å²) < 4.78 is 44.3. The van der Waals surface area contributed by atoms with E-state index in [1.807, 2.05) is 58.0 Å². The number of nitrogens with one attached hydrogen (secondary N) is 1. The molecule has 0 aliphatic rings. The fourth-order valence-electron chi connectivity index (χ4n) is 4.84. The third-order valence-corrected chi connectivity index (χ3v) is 9.46. The Balaban J connectivity index is 1.86. The smallest absolute Gasteiger partial charge is 0.264 e. The molecule has 0 aliphatic heterocycles. The Labute approximate surface area is 280 Å². The van der Waals surface area contributed by atoms with Crippen LogP contribution in [0, 0.1) is 12.7 Å². The number of amides is 2. The molecule has 0 fully saturated rings. The largest absolute Gasteiger partial charge is 0.350 e. The van der Waals surface area contributed by atoms with Crippen molar-refractivity contribution >= 4 is 50.7 Å². The van der Waals surface area contributed by atoms with Crippen LogP contribution < -0.4 is 9.62 Å². The van der Waals surface area contributed by atoms with Crippen LogP contribution in [0.3, 0.4) is 0 Å². The lowest BCUT2D eigenvalue weighted by atomic mass is 10.0. The molecule has 1 unspecified atom stereocenters. The van der Waals surface area contributed by atoms with Gasteiger partial charge in [0.05, 0.1) is 15.6 Å². The zero-order valence-electron chi connectivity index (χ0n) is 26.0. The number of halogens is 3. The van der Waals surface area contributed by atoms with Crippen LogP contribution in [0.25, 0.3) is 0 Å². The monoisotopic (exact) mass is 683 g/mol. The summed E-state index contributed by atoms with van der Waals surface area (Å²) in [5.41, 5.74) is 1.07. The lowest BCUT2D eigenvalue weighted by molar-refractivity contribution is -0.140. The molecule has 46 heavy (non-hydrogen) atoms. The number of carbonyl (C=O) groups is 2. The van der Waals surface area contributed by atoms with Gasteiger partial charge in [0.15, 0.2) is 0 Å². The number of anilines is 1. The Morgan fingerprint density at radius 2 is 1.52 bits per heavy atom. The maximum absolute atomic E-state index is 15.1. The van der Waals surface area contributed by atoms with E-state index in [1.54, 1.807) is 18.2 Å². The van der Waals surface area contributed by atoms with Crippen molar-refractivity contribution in [2.24, 2.45) is 0 Å². The van der Waals surface area contributed by atoms with Gasteiger partial charge in [0.1, 0.15) is 18.4 Å². The Morgan fingerprint density at radius 3 is 2.15 bits per heavy atom. The quantitative estimate of drug-likeness (QED) is 0.181. The van der Waals surface area contributed by atoms with E-state index in [0.717, 1.165) is 15.4 Å². The molecule has 2 amide bonds. The fourth-order valence-corrected chi connectivity index (χ4v) is 6.71. The Kier molecular flexibility index (Phi) is 11.1. The van der Waals surface area contributed by atoms with Crippen LogP contribution in [0.1, 0.15) is 37.5 Å². The summed E-state index contributed by atoms with van der Waals surface area (Å²) in [5, 5.41) is 3.18. The summed E-state index contributed by atoms with van der Waals surface area (Å²) in [4.78, 5) is 29.6. The van der Waals surface area contributed by atoms with E-state index in [1.165, 1.54) is 53.4 Å². The van der Waals surface area contributed by atoms with Crippen LogP contribution in [-0.2, 0) is 32.6 Å². The first-order valence-electron chi connectivity index (χ1n) is 14.6. The molecular formula is C35H36Cl2FN3O4S. The van der Waals surface area contributed by atoms with Crippen LogP contribution in [0.4, 0.5) is 10.1 Å². The second-order valence-electron chi connectivity index (χ2n) is 12.0. The molecule has 0 radical (unpaired) electrons. The third kappa shape index (κ3) is 8.87. The maximum atomic E-state index is 15.1. The van der Waals surface area contributed by atoms with Crippen molar-refractivity contribution in [3.63, 3.8) is 0 Å². The predicted molar refractivity (Wildman–Crippen MR) is 181 cm³/mol. The van der Waals surface area contributed by atoms with Crippen LogP contribution >= 0.6 is 23.2 Å². The molecule has 0 aromatic heterocycles. The molecule has 0 spiro atoms. The van der Waals surface area contributed by atoms with Gasteiger partial charge in [-0.1, -0.05) is 89.4 Å². The highest BCUT2D eigenvalue weighted by Gasteiger charge is 2.36. The Hall–Kier alpha value is -3.92. The standard InChI is InChI=1S/C35H36Cl2FN3O4S/c1-24-14-17-28(18-15-24)46(44,45)41(31-21-27(36)16-19-29(31)37)23-33(42)40(22-26-12-8-9-13-30(26)38)32(34(43)39-35(2,3)4)20-25-10-6-5-7-11-25/h5-19,21,32H,20,22-23H2,1-4H3,(H,39,43). The molecule has 1 N–H and O–H groups in total. The highest BCUT2D eigenvalue weighted by molar-refractivity contribution is 7.92. The van der Waals surface area contributed by atoms with Crippen molar-refractivity contribution in [3.8, 4) is 0 Å². The number of sulfonamides is 1. The van der Waals surface area contributed by atoms with Gasteiger partial charge >= 0.3 is 0 Å². The number of hydrogen-bond acceptors (Lipinski definition) is 4. The molecule has 0 bridgehead atoms. The second-order valence-corrected chi connectivity index (χ2v) is 14.7. The Morgan fingerprint density at radius 1 is 0.891 bits per heavy atom. The van der Waals surface area contributed by atoms with Crippen LogP contribution in [-0.4, -0.2) is 43.3 Å². The number of carbonyl (C=O) groups excluding carboxylic acids is 2. The van der Waals surface area contributed by atoms with E-state index in [4.69, 9.17) is 23.2 Å². The molecule has 7 nitrogen and oxygen atoms in total. The molecule has 0 aliphatic carbocycles. The first-order valence-corrected chi connectivity index (χ1v) is 16.8. The van der Waals surface area contributed by atoms with E-state index in [2.05, 4.69) is 5.32 Å². The third-order valence-electron chi connectivity index (χ3n) is 7.13. The van der Waals surface area contributed by atoms with Crippen LogP contribution in [0.2, 0.25) is 10.0 Å². The number of rotatable bonds is 11. The normalized spacial score (nSPS) is 12.3. The summed E-state index contributed by atoms with van der Waals surface area (Å²) in [6.07, 6.45) is 0.0889. The van der Waals surface area contributed by atoms with Crippen molar-refractivity contribution in [1.82, 2.24) is 10.2 Å². The molecule has 0 saturated carbocycles. The van der Waals surface area contributed by atoms with Gasteiger partial charge in [0.2, 0.25) is 11.8 Å². The molecule has 11 heteroatoms. The van der Waals surface area contributed by atoms with E-state index >= 15 is 4.39 Å². The molecule has 0 heterocycles. The average Bonchev–Trinajstić information content (AvgIpc) is 2.99. The Bertz CT molecular complexity index is 1800. The average molecular weight is 685 g/mol. The van der Waals surface area contributed by atoms with Gasteiger partial charge in [-0.05, 0) is 69.7 Å². The highest BCUT2D eigenvalue weighted by Crippen LogP contribution is 2.33. The molecule has 1 atom stereocenters. The summed E-state index contributed by atoms with van der Waals surface area (Å²) in [6.45, 7) is 6.20. The van der Waals surface area contributed by atoms with Crippen LogP contribution in [0.5, 0.6) is 0 Å². The topological polar surface area (TPSA) is 86.8 Å². The minimum absolute atomic E-state index is 0.0207. The molecule has 4 aromatic rings. The lowest BCUT2D eigenvalue weighted by Crippen LogP contribution is -2.56. The van der Waals surface area contributed by atoms with Gasteiger partial charge in [-0.3, -0.25) is 13.9 Å². The van der Waals surface area contributed by atoms with Crippen LogP contribution in [0.15, 0.2) is 102 Å². The summed E-state index contributed by atoms with van der Waals surface area (Å²) in [6, 6.07) is 24.4. The van der Waals surface area contributed by atoms with E-state index < -0.39 is 45.8 Å². The van der Waals surface area contributed by atoms with Gasteiger partial charge in [0, 0.05) is 29.1 Å². The van der Waals surface area contributed by atoms with Gasteiger partial charge in [-0.25, -0.2) is 12.8 Å². The zero-order chi connectivity index (χ0) is 33.6. The van der Waals surface area contributed by atoms with Gasteiger partial charge in [-0.15, -0.1) is 0 Å². The van der Waals surface area contributed by atoms with E-state index in [9.17, 15) is 18.0 Å². The molecule has 0 saturated heterocycles. The van der Waals surface area contributed by atoms with Gasteiger partial charge < -0.3 is 10.2 Å². The van der Waals surface area contributed by atoms with Gasteiger partial charge in [-0.2, -0.15) is 0 Å². The summed E-state index contributed by atoms with van der Waals surface area (Å²) in [5.74, 6) is -1.80. The van der Waals surface area contributed by atoms with E-state index in [0.29, 0.717) is 0 Å². The molecule has 4 rings (SSSR count). The van der Waals surface area contributed by atoms with Crippen molar-refractivity contribution < 1.29 is 22.4 Å². The number of hydrogen-bond donors (Lipinski definition) is 1. The first-order chi connectivity index (χ1) is 21.7. The van der Waals surface area contributed by atoms with Crippen molar-refractivity contribution in [3.05, 3.63) is 130 Å². The number of benzene rings is 4. The van der Waals surface area contributed by atoms with Gasteiger partial charge in [0.25, 0.3) is 10.0 Å². The molecule has 4 aromatic carbocycles.